The third-order valence-electron chi connectivity index (χ3n) is 5.43. The van der Waals surface area contributed by atoms with Crippen LogP contribution in [0.4, 0.5) is 5.69 Å². The number of rotatable bonds is 8. The highest BCUT2D eigenvalue weighted by Crippen LogP contribution is 2.27. The number of nitrogens with one attached hydrogen (secondary N) is 1. The van der Waals surface area contributed by atoms with Crippen LogP contribution in [0, 0.1) is 6.92 Å². The highest BCUT2D eigenvalue weighted by molar-refractivity contribution is 7.99. The fraction of sp³-hybridized carbons (Fsp3) is 0.240. The van der Waals surface area contributed by atoms with Gasteiger partial charge in [0.1, 0.15) is 5.69 Å². The molecule has 0 unspecified atom stereocenters. The number of carbonyl (C=O) groups excluding carboxylic acids is 1. The molecule has 2 aromatic heterocycles. The van der Waals surface area contributed by atoms with Gasteiger partial charge in [-0.05, 0) is 49.1 Å². The normalized spacial score (nSPS) is 11.8. The molecule has 2 aromatic carbocycles. The summed E-state index contributed by atoms with van der Waals surface area (Å²) in [5.41, 5.74) is 4.72. The highest BCUT2D eigenvalue weighted by Gasteiger charge is 2.18. The molecule has 1 atom stereocenters. The van der Waals surface area contributed by atoms with Gasteiger partial charge in [0.15, 0.2) is 11.0 Å². The summed E-state index contributed by atoms with van der Waals surface area (Å²) in [7, 11) is 0. The lowest BCUT2D eigenvalue weighted by Gasteiger charge is -2.11. The molecular weight excluding hydrogens is 432 g/mol. The molecule has 168 valence electrons. The Labute approximate surface area is 197 Å². The van der Waals surface area contributed by atoms with E-state index in [-0.39, 0.29) is 11.7 Å². The molecule has 2 heterocycles. The lowest BCUT2D eigenvalue weighted by molar-refractivity contribution is -0.113. The van der Waals surface area contributed by atoms with Gasteiger partial charge in [0.25, 0.3) is 0 Å². The van der Waals surface area contributed by atoms with E-state index in [1.807, 2.05) is 47.9 Å². The predicted molar refractivity (Wildman–Crippen MR) is 132 cm³/mol. The van der Waals surface area contributed by atoms with Gasteiger partial charge in [0, 0.05) is 23.8 Å². The molecule has 0 saturated heterocycles. The molecule has 4 rings (SSSR count). The van der Waals surface area contributed by atoms with Crippen LogP contribution < -0.4 is 5.32 Å². The van der Waals surface area contributed by atoms with Crippen molar-refractivity contribution in [2.45, 2.75) is 38.3 Å². The number of hydrogen-bond donors (Lipinski definition) is 1. The van der Waals surface area contributed by atoms with E-state index in [1.165, 1.54) is 17.3 Å². The summed E-state index contributed by atoms with van der Waals surface area (Å²) in [6, 6.07) is 16.1. The molecule has 0 spiro atoms. The Bertz CT molecular complexity index is 1210. The molecule has 1 amide bonds. The van der Waals surface area contributed by atoms with E-state index in [9.17, 15) is 4.79 Å². The van der Waals surface area contributed by atoms with Gasteiger partial charge in [-0.1, -0.05) is 55.4 Å². The number of hydrogen-bond acceptors (Lipinski definition) is 6. The number of aryl methyl sites for hydroxylation is 1. The molecule has 0 radical (unpaired) electrons. The summed E-state index contributed by atoms with van der Waals surface area (Å²) < 4.78 is 1.91. The van der Waals surface area contributed by atoms with Crippen LogP contribution in [0.2, 0.25) is 0 Å². The van der Waals surface area contributed by atoms with E-state index in [1.54, 1.807) is 18.6 Å². The van der Waals surface area contributed by atoms with Gasteiger partial charge in [0.05, 0.1) is 11.9 Å². The Hall–Kier alpha value is -3.52. The van der Waals surface area contributed by atoms with Crippen LogP contribution in [0.5, 0.6) is 0 Å². The number of benzene rings is 2. The van der Waals surface area contributed by atoms with Gasteiger partial charge in [-0.25, -0.2) is 4.98 Å². The van der Waals surface area contributed by atoms with Crippen molar-refractivity contribution in [3.63, 3.8) is 0 Å². The lowest BCUT2D eigenvalue weighted by atomic mass is 9.99. The van der Waals surface area contributed by atoms with Crippen LogP contribution in [0.1, 0.15) is 37.3 Å². The molecule has 4 aromatic rings. The molecule has 0 aliphatic heterocycles. The molecule has 7 nitrogen and oxygen atoms in total. The van der Waals surface area contributed by atoms with Crippen LogP contribution in [-0.2, 0) is 4.79 Å². The quantitative estimate of drug-likeness (QED) is 0.362. The maximum absolute atomic E-state index is 12.6. The first-order valence-electron chi connectivity index (χ1n) is 10.9. The van der Waals surface area contributed by atoms with E-state index in [0.29, 0.717) is 22.6 Å². The van der Waals surface area contributed by atoms with E-state index >= 15 is 0 Å². The van der Waals surface area contributed by atoms with Gasteiger partial charge in [-0.3, -0.25) is 14.3 Å². The molecule has 0 fully saturated rings. The van der Waals surface area contributed by atoms with Gasteiger partial charge >= 0.3 is 0 Å². The van der Waals surface area contributed by atoms with Gasteiger partial charge in [-0.2, -0.15) is 0 Å². The Morgan fingerprint density at radius 3 is 2.48 bits per heavy atom. The predicted octanol–water partition coefficient (Wildman–Crippen LogP) is 5.28. The zero-order valence-corrected chi connectivity index (χ0v) is 19.7. The molecule has 0 bridgehead atoms. The highest BCUT2D eigenvalue weighted by atomic mass is 32.2. The number of nitrogens with zero attached hydrogens (tertiary/aromatic N) is 5. The Morgan fingerprint density at radius 2 is 1.82 bits per heavy atom. The van der Waals surface area contributed by atoms with Crippen LogP contribution in [0.25, 0.3) is 17.2 Å². The van der Waals surface area contributed by atoms with Crippen molar-refractivity contribution in [3.05, 3.63) is 78.2 Å². The summed E-state index contributed by atoms with van der Waals surface area (Å²) in [5.74, 6) is 1.19. The van der Waals surface area contributed by atoms with Crippen LogP contribution in [-0.4, -0.2) is 36.4 Å². The molecule has 0 aliphatic carbocycles. The van der Waals surface area contributed by atoms with Crippen LogP contribution in [0.15, 0.2) is 72.3 Å². The molecule has 0 aliphatic rings. The number of carbonyl (C=O) groups is 1. The SMILES string of the molecule is CC[C@H](C)c1ccc(NC(=O)CSc2nnc(-c3cnccn3)n2-c2ccc(C)cc2)cc1. The second kappa shape index (κ2) is 10.4. The van der Waals surface area contributed by atoms with Crippen molar-refractivity contribution in [2.24, 2.45) is 0 Å². The summed E-state index contributed by atoms with van der Waals surface area (Å²) >= 11 is 1.33. The Kier molecular flexibility index (Phi) is 7.14. The van der Waals surface area contributed by atoms with Crippen LogP contribution >= 0.6 is 11.8 Å². The van der Waals surface area contributed by atoms with Crippen molar-refractivity contribution < 1.29 is 4.79 Å². The number of anilines is 1. The lowest BCUT2D eigenvalue weighted by Crippen LogP contribution is -2.14. The monoisotopic (exact) mass is 458 g/mol. The molecule has 33 heavy (non-hydrogen) atoms. The van der Waals surface area contributed by atoms with E-state index in [2.05, 4.69) is 51.5 Å². The smallest absolute Gasteiger partial charge is 0.234 e. The van der Waals surface area contributed by atoms with Gasteiger partial charge < -0.3 is 5.32 Å². The summed E-state index contributed by atoms with van der Waals surface area (Å²) in [4.78, 5) is 21.1. The third kappa shape index (κ3) is 5.46. The van der Waals surface area contributed by atoms with E-state index in [4.69, 9.17) is 0 Å². The fourth-order valence-corrected chi connectivity index (χ4v) is 4.08. The van der Waals surface area contributed by atoms with Crippen molar-refractivity contribution >= 4 is 23.4 Å². The zero-order chi connectivity index (χ0) is 23.2. The Balaban J connectivity index is 1.51. The van der Waals surface area contributed by atoms with Crippen molar-refractivity contribution in [2.75, 3.05) is 11.1 Å². The fourth-order valence-electron chi connectivity index (χ4n) is 3.33. The average molecular weight is 459 g/mol. The van der Waals surface area contributed by atoms with Crippen molar-refractivity contribution in [1.29, 1.82) is 0 Å². The average Bonchev–Trinajstić information content (AvgIpc) is 3.28. The summed E-state index contributed by atoms with van der Waals surface area (Å²) in [6.07, 6.45) is 5.97. The second-order valence-corrected chi connectivity index (χ2v) is 8.78. The topological polar surface area (TPSA) is 85.6 Å². The molecular formula is C25H26N6OS. The zero-order valence-electron chi connectivity index (χ0n) is 18.9. The van der Waals surface area contributed by atoms with Crippen molar-refractivity contribution in [1.82, 2.24) is 24.7 Å². The Morgan fingerprint density at radius 1 is 1.06 bits per heavy atom. The summed E-state index contributed by atoms with van der Waals surface area (Å²) in [5, 5.41) is 12.3. The van der Waals surface area contributed by atoms with Crippen molar-refractivity contribution in [3.8, 4) is 17.2 Å². The standard InChI is InChI=1S/C25H26N6OS/c1-4-18(3)19-7-9-20(10-8-19)28-23(32)16-33-25-30-29-24(22-15-26-13-14-27-22)31(25)21-11-5-17(2)6-12-21/h5-15,18H,4,16H2,1-3H3,(H,28,32)/t18-/m0/s1. The molecule has 1 N–H and O–H groups in total. The number of aromatic nitrogens is 5. The van der Waals surface area contributed by atoms with E-state index < -0.39 is 0 Å². The van der Waals surface area contributed by atoms with Crippen LogP contribution in [0.3, 0.4) is 0 Å². The van der Waals surface area contributed by atoms with Gasteiger partial charge in [-0.15, -0.1) is 10.2 Å². The molecule has 8 heteroatoms. The third-order valence-corrected chi connectivity index (χ3v) is 6.35. The minimum absolute atomic E-state index is 0.101. The van der Waals surface area contributed by atoms with Gasteiger partial charge in [0.2, 0.25) is 5.91 Å². The first-order chi connectivity index (χ1) is 16.0. The maximum atomic E-state index is 12.6. The largest absolute Gasteiger partial charge is 0.325 e. The maximum Gasteiger partial charge on any atom is 0.234 e. The summed E-state index contributed by atoms with van der Waals surface area (Å²) in [6.45, 7) is 6.40. The minimum atomic E-state index is -0.101. The molecule has 0 saturated carbocycles. The number of thioether (sulfide) groups is 1. The number of amides is 1. The first kappa shape index (κ1) is 22.7. The minimum Gasteiger partial charge on any atom is -0.325 e. The van der Waals surface area contributed by atoms with E-state index in [0.717, 1.165) is 23.4 Å². The first-order valence-corrected chi connectivity index (χ1v) is 11.8. The second-order valence-electron chi connectivity index (χ2n) is 7.84.